The summed E-state index contributed by atoms with van der Waals surface area (Å²) >= 11 is 0. The van der Waals surface area contributed by atoms with Crippen molar-refractivity contribution in [2.24, 2.45) is 0 Å². The number of anilines is 1. The fraction of sp³-hybridized carbons (Fsp3) is 0.385. The number of hydrogen-bond acceptors (Lipinski definition) is 4. The predicted molar refractivity (Wildman–Crippen MR) is 64.8 cm³/mol. The van der Waals surface area contributed by atoms with E-state index in [0.717, 1.165) is 13.0 Å². The van der Waals surface area contributed by atoms with Crippen LogP contribution in [0.4, 0.5) is 5.69 Å². The summed E-state index contributed by atoms with van der Waals surface area (Å²) in [5.74, 6) is 1.39. The number of fused-ring (bicyclic) bond motifs is 1. The van der Waals surface area contributed by atoms with Gasteiger partial charge >= 0.3 is 0 Å². The van der Waals surface area contributed by atoms with Gasteiger partial charge in [-0.2, -0.15) is 4.98 Å². The minimum Gasteiger partial charge on any atom is -0.362 e. The van der Waals surface area contributed by atoms with Crippen LogP contribution in [0.3, 0.4) is 0 Å². The molecular weight excluding hydrogens is 214 g/mol. The molecule has 2 heterocycles. The number of aryl methyl sites for hydroxylation is 2. The fourth-order valence-corrected chi connectivity index (χ4v) is 2.34. The highest BCUT2D eigenvalue weighted by atomic mass is 16.5. The number of aromatic nitrogens is 2. The van der Waals surface area contributed by atoms with E-state index in [4.69, 9.17) is 4.52 Å². The molecule has 0 saturated carbocycles. The molecule has 1 aliphatic rings. The van der Waals surface area contributed by atoms with Crippen molar-refractivity contribution in [1.82, 2.24) is 10.1 Å². The molecule has 4 nitrogen and oxygen atoms in total. The maximum Gasteiger partial charge on any atom is 0.246 e. The van der Waals surface area contributed by atoms with Crippen LogP contribution in [0.1, 0.15) is 23.7 Å². The molecule has 88 valence electrons. The van der Waals surface area contributed by atoms with Gasteiger partial charge in [-0.05, 0) is 31.4 Å². The Labute approximate surface area is 100 Å². The first-order valence-corrected chi connectivity index (χ1v) is 5.95. The molecule has 0 unspecified atom stereocenters. The summed E-state index contributed by atoms with van der Waals surface area (Å²) < 4.78 is 5.18. The molecule has 17 heavy (non-hydrogen) atoms. The first kappa shape index (κ1) is 10.3. The van der Waals surface area contributed by atoms with Crippen molar-refractivity contribution in [3.8, 4) is 0 Å². The van der Waals surface area contributed by atoms with Gasteiger partial charge in [0.15, 0.2) is 5.82 Å². The van der Waals surface area contributed by atoms with Crippen LogP contribution in [0, 0.1) is 6.92 Å². The van der Waals surface area contributed by atoms with E-state index < -0.39 is 0 Å². The summed E-state index contributed by atoms with van der Waals surface area (Å²) in [6, 6.07) is 8.54. The average Bonchev–Trinajstić information content (AvgIpc) is 2.75. The highest BCUT2D eigenvalue weighted by molar-refractivity contribution is 5.55. The smallest absolute Gasteiger partial charge is 0.246 e. The third kappa shape index (κ3) is 2.02. The summed E-state index contributed by atoms with van der Waals surface area (Å²) in [5.41, 5.74) is 2.71. The van der Waals surface area contributed by atoms with Crippen molar-refractivity contribution in [3.63, 3.8) is 0 Å². The lowest BCUT2D eigenvalue weighted by molar-refractivity contribution is 0.371. The molecule has 0 radical (unpaired) electrons. The second-order valence-corrected chi connectivity index (χ2v) is 4.39. The Balaban J connectivity index is 1.85. The van der Waals surface area contributed by atoms with Gasteiger partial charge in [-0.3, -0.25) is 0 Å². The quantitative estimate of drug-likeness (QED) is 0.792. The zero-order valence-corrected chi connectivity index (χ0v) is 9.89. The van der Waals surface area contributed by atoms with Gasteiger partial charge in [0.2, 0.25) is 5.89 Å². The summed E-state index contributed by atoms with van der Waals surface area (Å²) in [6.45, 7) is 3.60. The van der Waals surface area contributed by atoms with Crippen molar-refractivity contribution in [2.75, 3.05) is 11.4 Å². The first-order chi connectivity index (χ1) is 8.33. The molecule has 1 aromatic carbocycles. The Morgan fingerprint density at radius 3 is 3.06 bits per heavy atom. The van der Waals surface area contributed by atoms with Gasteiger partial charge in [0, 0.05) is 12.2 Å². The minimum atomic E-state index is 0.694. The van der Waals surface area contributed by atoms with Crippen LogP contribution in [0.2, 0.25) is 0 Å². The van der Waals surface area contributed by atoms with Crippen molar-refractivity contribution < 1.29 is 4.52 Å². The zero-order valence-electron chi connectivity index (χ0n) is 9.89. The van der Waals surface area contributed by atoms with Crippen LogP contribution in [-0.4, -0.2) is 16.7 Å². The largest absolute Gasteiger partial charge is 0.362 e. The average molecular weight is 229 g/mol. The van der Waals surface area contributed by atoms with Crippen LogP contribution in [0.25, 0.3) is 0 Å². The molecule has 0 fully saturated rings. The number of para-hydroxylation sites is 1. The molecule has 2 aromatic rings. The molecule has 0 spiro atoms. The SMILES string of the molecule is Cc1noc(CN2CCCc3ccccc32)n1. The van der Waals surface area contributed by atoms with Gasteiger partial charge in [-0.25, -0.2) is 0 Å². The summed E-state index contributed by atoms with van der Waals surface area (Å²) in [5, 5.41) is 3.83. The van der Waals surface area contributed by atoms with Gasteiger partial charge in [0.05, 0.1) is 6.54 Å². The second-order valence-electron chi connectivity index (χ2n) is 4.39. The monoisotopic (exact) mass is 229 g/mol. The maximum absolute atomic E-state index is 5.18. The number of hydrogen-bond donors (Lipinski definition) is 0. The zero-order chi connectivity index (χ0) is 11.7. The van der Waals surface area contributed by atoms with E-state index in [1.165, 1.54) is 17.7 Å². The molecule has 0 N–H and O–H groups in total. The third-order valence-electron chi connectivity index (χ3n) is 3.10. The van der Waals surface area contributed by atoms with E-state index in [0.29, 0.717) is 18.3 Å². The Kier molecular flexibility index (Phi) is 2.55. The van der Waals surface area contributed by atoms with Crippen LogP contribution in [0.15, 0.2) is 28.8 Å². The lowest BCUT2D eigenvalue weighted by Gasteiger charge is -2.29. The lowest BCUT2D eigenvalue weighted by atomic mass is 10.0. The van der Waals surface area contributed by atoms with Crippen molar-refractivity contribution in [1.29, 1.82) is 0 Å². The van der Waals surface area contributed by atoms with Crippen LogP contribution in [-0.2, 0) is 13.0 Å². The maximum atomic E-state index is 5.18. The topological polar surface area (TPSA) is 42.2 Å². The third-order valence-corrected chi connectivity index (χ3v) is 3.10. The van der Waals surface area contributed by atoms with E-state index in [2.05, 4.69) is 39.3 Å². The van der Waals surface area contributed by atoms with E-state index in [9.17, 15) is 0 Å². The molecule has 0 atom stereocenters. The first-order valence-electron chi connectivity index (χ1n) is 5.95. The van der Waals surface area contributed by atoms with Gasteiger partial charge in [0.1, 0.15) is 0 Å². The molecular formula is C13H15N3O. The second kappa shape index (κ2) is 4.20. The predicted octanol–water partition coefficient (Wildman–Crippen LogP) is 2.33. The standard InChI is InChI=1S/C13H15N3O/c1-10-14-13(17-15-10)9-16-8-4-6-11-5-2-3-7-12(11)16/h2-3,5,7H,4,6,8-9H2,1H3. The van der Waals surface area contributed by atoms with Crippen LogP contribution < -0.4 is 4.90 Å². The van der Waals surface area contributed by atoms with Gasteiger partial charge < -0.3 is 9.42 Å². The molecule has 1 aromatic heterocycles. The molecule has 0 bridgehead atoms. The van der Waals surface area contributed by atoms with Crippen molar-refractivity contribution in [3.05, 3.63) is 41.5 Å². The normalized spacial score (nSPS) is 14.8. The Bertz CT molecular complexity index is 521. The van der Waals surface area contributed by atoms with E-state index in [1.54, 1.807) is 0 Å². The summed E-state index contributed by atoms with van der Waals surface area (Å²) in [4.78, 5) is 6.57. The van der Waals surface area contributed by atoms with E-state index in [1.807, 2.05) is 6.92 Å². The molecule has 1 aliphatic heterocycles. The number of benzene rings is 1. The van der Waals surface area contributed by atoms with Gasteiger partial charge in [-0.1, -0.05) is 23.4 Å². The fourth-order valence-electron chi connectivity index (χ4n) is 2.34. The van der Waals surface area contributed by atoms with E-state index in [-0.39, 0.29) is 0 Å². The van der Waals surface area contributed by atoms with Crippen LogP contribution >= 0.6 is 0 Å². The number of rotatable bonds is 2. The lowest BCUT2D eigenvalue weighted by Crippen LogP contribution is -2.28. The summed E-state index contributed by atoms with van der Waals surface area (Å²) in [7, 11) is 0. The minimum absolute atomic E-state index is 0.694. The molecule has 0 amide bonds. The molecule has 4 heteroatoms. The van der Waals surface area contributed by atoms with Crippen LogP contribution in [0.5, 0.6) is 0 Å². The molecule has 3 rings (SSSR count). The number of nitrogens with zero attached hydrogens (tertiary/aromatic N) is 3. The Hall–Kier alpha value is -1.84. The van der Waals surface area contributed by atoms with Crippen molar-refractivity contribution in [2.45, 2.75) is 26.3 Å². The highest BCUT2D eigenvalue weighted by Crippen LogP contribution is 2.27. The Morgan fingerprint density at radius 1 is 1.35 bits per heavy atom. The Morgan fingerprint density at radius 2 is 2.24 bits per heavy atom. The van der Waals surface area contributed by atoms with Crippen molar-refractivity contribution >= 4 is 5.69 Å². The highest BCUT2D eigenvalue weighted by Gasteiger charge is 2.18. The molecule has 0 aliphatic carbocycles. The van der Waals surface area contributed by atoms with E-state index >= 15 is 0 Å². The molecule has 0 saturated heterocycles. The summed E-state index contributed by atoms with van der Waals surface area (Å²) in [6.07, 6.45) is 2.35. The van der Waals surface area contributed by atoms with Gasteiger partial charge in [0.25, 0.3) is 0 Å². The van der Waals surface area contributed by atoms with Gasteiger partial charge in [-0.15, -0.1) is 0 Å².